The molecular formula is C17H19Cl2NO. The highest BCUT2D eigenvalue weighted by Gasteiger charge is 2.17. The van der Waals surface area contributed by atoms with Gasteiger partial charge in [0.2, 0.25) is 5.88 Å². The van der Waals surface area contributed by atoms with Gasteiger partial charge in [-0.15, -0.1) is 11.6 Å². The Balaban J connectivity index is 2.36. The maximum atomic E-state index is 6.03. The molecule has 0 aliphatic carbocycles. The van der Waals surface area contributed by atoms with Crippen molar-refractivity contribution in [2.24, 2.45) is 0 Å². The van der Waals surface area contributed by atoms with Crippen LogP contribution in [0.15, 0.2) is 30.3 Å². The predicted molar refractivity (Wildman–Crippen MR) is 88.8 cm³/mol. The summed E-state index contributed by atoms with van der Waals surface area (Å²) in [5.41, 5.74) is 2.87. The van der Waals surface area contributed by atoms with Gasteiger partial charge in [0, 0.05) is 22.4 Å². The Morgan fingerprint density at radius 3 is 2.43 bits per heavy atom. The molecule has 1 aromatic heterocycles. The summed E-state index contributed by atoms with van der Waals surface area (Å²) in [5.74, 6) is 1.71. The number of halogens is 2. The van der Waals surface area contributed by atoms with Crippen molar-refractivity contribution in [3.8, 4) is 11.6 Å². The maximum Gasteiger partial charge on any atom is 0.219 e. The second kappa shape index (κ2) is 6.25. The summed E-state index contributed by atoms with van der Waals surface area (Å²) in [6, 6.07) is 9.44. The lowest BCUT2D eigenvalue weighted by molar-refractivity contribution is 0.451. The molecule has 0 saturated heterocycles. The third-order valence-electron chi connectivity index (χ3n) is 3.14. The second-order valence-corrected chi connectivity index (χ2v) is 6.77. The fraction of sp³-hybridized carbons (Fsp3) is 0.353. The van der Waals surface area contributed by atoms with Crippen LogP contribution in [0.2, 0.25) is 5.02 Å². The third kappa shape index (κ3) is 4.12. The van der Waals surface area contributed by atoms with Gasteiger partial charge in [-0.2, -0.15) is 0 Å². The molecule has 0 saturated carbocycles. The Bertz CT molecular complexity index is 648. The first kappa shape index (κ1) is 16.1. The van der Waals surface area contributed by atoms with Crippen LogP contribution in [0.1, 0.15) is 37.6 Å². The largest absolute Gasteiger partial charge is 0.439 e. The molecule has 0 spiro atoms. The number of hydrogen-bond donors (Lipinski definition) is 0. The van der Waals surface area contributed by atoms with Crippen molar-refractivity contribution in [1.29, 1.82) is 0 Å². The Hall–Kier alpha value is -1.25. The summed E-state index contributed by atoms with van der Waals surface area (Å²) >= 11 is 12.0. The first-order chi connectivity index (χ1) is 9.79. The van der Waals surface area contributed by atoms with Crippen LogP contribution in [0.5, 0.6) is 11.6 Å². The van der Waals surface area contributed by atoms with E-state index in [1.54, 1.807) is 0 Å². The monoisotopic (exact) mass is 323 g/mol. The predicted octanol–water partition coefficient (Wildman–Crippen LogP) is 5.87. The van der Waals surface area contributed by atoms with E-state index in [1.807, 2.05) is 37.3 Å². The molecule has 2 rings (SSSR count). The fourth-order valence-electron chi connectivity index (χ4n) is 1.87. The minimum absolute atomic E-state index is 0.0594. The number of nitrogens with zero attached hydrogens (tertiary/aromatic N) is 1. The summed E-state index contributed by atoms with van der Waals surface area (Å²) in [4.78, 5) is 4.59. The summed E-state index contributed by atoms with van der Waals surface area (Å²) in [6.07, 6.45) is 0. The van der Waals surface area contributed by atoms with Gasteiger partial charge in [-0.3, -0.25) is 0 Å². The SMILES string of the molecule is Cc1cc(Oc2cc(CCl)cc(C(C)(C)C)n2)ccc1Cl. The van der Waals surface area contributed by atoms with Crippen molar-refractivity contribution in [1.82, 2.24) is 4.98 Å². The zero-order valence-electron chi connectivity index (χ0n) is 12.7. The third-order valence-corrected chi connectivity index (χ3v) is 3.87. The van der Waals surface area contributed by atoms with E-state index < -0.39 is 0 Å². The summed E-state index contributed by atoms with van der Waals surface area (Å²) in [7, 11) is 0. The van der Waals surface area contributed by atoms with Gasteiger partial charge in [-0.1, -0.05) is 32.4 Å². The zero-order valence-corrected chi connectivity index (χ0v) is 14.2. The van der Waals surface area contributed by atoms with Crippen molar-refractivity contribution in [2.45, 2.75) is 39.0 Å². The van der Waals surface area contributed by atoms with Crippen LogP contribution in [0.3, 0.4) is 0 Å². The molecule has 2 nitrogen and oxygen atoms in total. The van der Waals surface area contributed by atoms with Gasteiger partial charge >= 0.3 is 0 Å². The Labute approximate surface area is 136 Å². The van der Waals surface area contributed by atoms with Crippen LogP contribution < -0.4 is 4.74 Å². The average molecular weight is 324 g/mol. The van der Waals surface area contributed by atoms with Gasteiger partial charge in [0.05, 0.1) is 5.69 Å². The summed E-state index contributed by atoms with van der Waals surface area (Å²) in [5, 5.41) is 0.722. The number of pyridine rings is 1. The molecule has 0 N–H and O–H groups in total. The first-order valence-electron chi connectivity index (χ1n) is 6.81. The molecule has 1 aromatic carbocycles. The van der Waals surface area contributed by atoms with Crippen molar-refractivity contribution in [2.75, 3.05) is 0 Å². The van der Waals surface area contributed by atoms with E-state index in [9.17, 15) is 0 Å². The minimum atomic E-state index is -0.0594. The molecule has 0 fully saturated rings. The van der Waals surface area contributed by atoms with Crippen LogP contribution >= 0.6 is 23.2 Å². The number of aromatic nitrogens is 1. The Morgan fingerprint density at radius 1 is 1.14 bits per heavy atom. The van der Waals surface area contributed by atoms with Gasteiger partial charge < -0.3 is 4.74 Å². The lowest BCUT2D eigenvalue weighted by Gasteiger charge is -2.19. The van der Waals surface area contributed by atoms with E-state index in [1.165, 1.54) is 0 Å². The van der Waals surface area contributed by atoms with Crippen molar-refractivity contribution < 1.29 is 4.74 Å². The number of benzene rings is 1. The highest BCUT2D eigenvalue weighted by atomic mass is 35.5. The van der Waals surface area contributed by atoms with Crippen LogP contribution in [-0.4, -0.2) is 4.98 Å². The maximum absolute atomic E-state index is 6.03. The van der Waals surface area contributed by atoms with E-state index in [0.717, 1.165) is 27.6 Å². The molecule has 0 aliphatic heterocycles. The summed E-state index contributed by atoms with van der Waals surface area (Å²) in [6.45, 7) is 8.29. The topological polar surface area (TPSA) is 22.1 Å². The van der Waals surface area contributed by atoms with E-state index in [4.69, 9.17) is 27.9 Å². The Kier molecular flexibility index (Phi) is 4.80. The molecule has 0 radical (unpaired) electrons. The Morgan fingerprint density at radius 2 is 1.86 bits per heavy atom. The van der Waals surface area contributed by atoms with Gasteiger partial charge in [-0.25, -0.2) is 4.98 Å². The van der Waals surface area contributed by atoms with E-state index in [0.29, 0.717) is 11.8 Å². The highest BCUT2D eigenvalue weighted by Crippen LogP contribution is 2.29. The van der Waals surface area contributed by atoms with Gasteiger partial charge in [0.1, 0.15) is 5.75 Å². The molecule has 1 heterocycles. The molecule has 21 heavy (non-hydrogen) atoms. The van der Waals surface area contributed by atoms with Crippen LogP contribution in [0, 0.1) is 6.92 Å². The van der Waals surface area contributed by atoms with Crippen LogP contribution in [0.25, 0.3) is 0 Å². The van der Waals surface area contributed by atoms with Crippen molar-refractivity contribution >= 4 is 23.2 Å². The molecule has 2 aromatic rings. The van der Waals surface area contributed by atoms with E-state index >= 15 is 0 Å². The van der Waals surface area contributed by atoms with Crippen LogP contribution in [-0.2, 0) is 11.3 Å². The molecule has 0 bridgehead atoms. The lowest BCUT2D eigenvalue weighted by atomic mass is 9.91. The number of aryl methyl sites for hydroxylation is 1. The smallest absolute Gasteiger partial charge is 0.219 e. The van der Waals surface area contributed by atoms with Gasteiger partial charge in [-0.05, 0) is 42.3 Å². The number of alkyl halides is 1. The lowest BCUT2D eigenvalue weighted by Crippen LogP contribution is -2.14. The van der Waals surface area contributed by atoms with Crippen LogP contribution in [0.4, 0.5) is 0 Å². The minimum Gasteiger partial charge on any atom is -0.439 e. The van der Waals surface area contributed by atoms with Crippen molar-refractivity contribution in [3.05, 3.63) is 52.2 Å². The number of rotatable bonds is 3. The average Bonchev–Trinajstić information content (AvgIpc) is 2.41. The second-order valence-electron chi connectivity index (χ2n) is 6.10. The number of hydrogen-bond acceptors (Lipinski definition) is 2. The normalized spacial score (nSPS) is 11.5. The molecule has 112 valence electrons. The van der Waals surface area contributed by atoms with Gasteiger partial charge in [0.15, 0.2) is 0 Å². The fourth-order valence-corrected chi connectivity index (χ4v) is 2.15. The highest BCUT2D eigenvalue weighted by molar-refractivity contribution is 6.31. The standard InChI is InChI=1S/C17H19Cl2NO/c1-11-7-13(5-6-14(11)19)21-16-9-12(10-18)8-15(20-16)17(2,3)4/h5-9H,10H2,1-4H3. The first-order valence-corrected chi connectivity index (χ1v) is 7.72. The molecule has 0 aliphatic rings. The molecular weight excluding hydrogens is 305 g/mol. The van der Waals surface area contributed by atoms with Crippen molar-refractivity contribution in [3.63, 3.8) is 0 Å². The van der Waals surface area contributed by atoms with Gasteiger partial charge in [0.25, 0.3) is 0 Å². The molecule has 0 atom stereocenters. The molecule has 4 heteroatoms. The zero-order chi connectivity index (χ0) is 15.6. The molecule has 0 unspecified atom stereocenters. The van der Waals surface area contributed by atoms with E-state index in [-0.39, 0.29) is 5.41 Å². The quantitative estimate of drug-likeness (QED) is 0.659. The molecule has 0 amide bonds. The number of ether oxygens (including phenoxy) is 1. The van der Waals surface area contributed by atoms with E-state index in [2.05, 4.69) is 25.8 Å². The summed E-state index contributed by atoms with van der Waals surface area (Å²) < 4.78 is 5.86.